The summed E-state index contributed by atoms with van der Waals surface area (Å²) in [6.45, 7) is 4.59. The Morgan fingerprint density at radius 1 is 1.08 bits per heavy atom. The van der Waals surface area contributed by atoms with Crippen molar-refractivity contribution in [2.24, 2.45) is 0 Å². The highest BCUT2D eigenvalue weighted by atomic mass is 32.1. The molecule has 0 aromatic heterocycles. The first-order valence-electron chi connectivity index (χ1n) is 11.0. The Kier molecular flexibility index (Phi) is 9.42. The molecule has 0 unspecified atom stereocenters. The van der Waals surface area contributed by atoms with Crippen molar-refractivity contribution in [1.29, 1.82) is 0 Å². The highest BCUT2D eigenvalue weighted by Crippen LogP contribution is 2.30. The van der Waals surface area contributed by atoms with E-state index in [1.54, 1.807) is 26.8 Å². The molecule has 1 aliphatic rings. The lowest BCUT2D eigenvalue weighted by atomic mass is 9.89. The molecule has 0 bridgehead atoms. The number of esters is 1. The highest BCUT2D eigenvalue weighted by molar-refractivity contribution is 7.59. The number of benzene rings is 2. The van der Waals surface area contributed by atoms with Crippen LogP contribution in [-0.2, 0) is 20.8 Å². The van der Waals surface area contributed by atoms with E-state index >= 15 is 0 Å². The summed E-state index contributed by atoms with van der Waals surface area (Å²) in [5.41, 5.74) is -0.737. The van der Waals surface area contributed by atoms with Crippen LogP contribution < -0.4 is 0 Å². The van der Waals surface area contributed by atoms with Gasteiger partial charge in [-0.1, -0.05) is 18.2 Å². The van der Waals surface area contributed by atoms with E-state index in [1.807, 2.05) is 0 Å². The second-order valence-electron chi connectivity index (χ2n) is 9.27. The smallest absolute Gasteiger partial charge is 0.411 e. The lowest BCUT2D eigenvalue weighted by Gasteiger charge is -2.40. The third kappa shape index (κ3) is 6.93. The fourth-order valence-corrected chi connectivity index (χ4v) is 3.64. The third-order valence-corrected chi connectivity index (χ3v) is 5.46. The zero-order valence-electron chi connectivity index (χ0n) is 20.4. The van der Waals surface area contributed by atoms with Crippen LogP contribution >= 0.6 is 13.5 Å². The minimum absolute atomic E-state index is 0. The molecule has 2 aromatic rings. The molecule has 7 nitrogen and oxygen atoms in total. The van der Waals surface area contributed by atoms with E-state index in [-0.39, 0.29) is 55.7 Å². The number of rotatable bonds is 6. The Balaban J connectivity index is 0.00000456. The van der Waals surface area contributed by atoms with Crippen molar-refractivity contribution >= 4 is 31.5 Å². The number of hydrogen-bond donors (Lipinski definition) is 0. The first-order chi connectivity index (χ1) is 16.4. The molecule has 0 spiro atoms. The van der Waals surface area contributed by atoms with E-state index < -0.39 is 47.6 Å². The molecule has 0 N–H and O–H groups in total. The molecule has 11 heteroatoms. The number of hydrogen-bond acceptors (Lipinski definition) is 5. The molecule has 0 saturated carbocycles. The molecule has 36 heavy (non-hydrogen) atoms. The molecule has 0 aliphatic carbocycles. The Hall–Kier alpha value is -3.21. The van der Waals surface area contributed by atoms with Crippen LogP contribution in [0.1, 0.15) is 48.2 Å². The van der Waals surface area contributed by atoms with Gasteiger partial charge in [0.2, 0.25) is 5.91 Å². The highest BCUT2D eigenvalue weighted by Gasteiger charge is 2.36. The lowest BCUT2D eigenvalue weighted by Crippen LogP contribution is -2.53. The summed E-state index contributed by atoms with van der Waals surface area (Å²) in [6.07, 6.45) is -0.830. The predicted molar refractivity (Wildman–Crippen MR) is 130 cm³/mol. The van der Waals surface area contributed by atoms with Gasteiger partial charge in [0.05, 0.1) is 19.2 Å². The van der Waals surface area contributed by atoms with Gasteiger partial charge in [-0.05, 0) is 38.5 Å². The summed E-state index contributed by atoms with van der Waals surface area (Å²) in [4.78, 5) is 39.8. The molecule has 1 heterocycles. The van der Waals surface area contributed by atoms with E-state index in [1.165, 1.54) is 23.1 Å². The van der Waals surface area contributed by atoms with Crippen molar-refractivity contribution in [1.82, 2.24) is 9.80 Å². The van der Waals surface area contributed by atoms with E-state index in [9.17, 15) is 27.6 Å². The minimum Gasteiger partial charge on any atom is -0.465 e. The van der Waals surface area contributed by atoms with Gasteiger partial charge >= 0.3 is 12.1 Å². The standard InChI is InChI=1S/C25H27F3N2O5.H2S/c1-25(2,3)35-24(33)30(11-15-8-9-17(26)10-20(15)27)14-21(31)29-12-16(13-29)18-6-5-7-19(22(18)28)23(32)34-4;/h5-10,16H,11-14H2,1-4H3;1H2. The summed E-state index contributed by atoms with van der Waals surface area (Å²) < 4.78 is 52.2. The van der Waals surface area contributed by atoms with Crippen LogP contribution in [0.3, 0.4) is 0 Å². The number of likely N-dealkylation sites (tertiary alicyclic amines) is 1. The van der Waals surface area contributed by atoms with E-state index in [0.717, 1.165) is 18.1 Å². The molecular formula is C25H29F3N2O5S. The number of ether oxygens (including phenoxy) is 2. The molecule has 3 rings (SSSR count). The van der Waals surface area contributed by atoms with E-state index in [2.05, 4.69) is 4.74 Å². The first-order valence-corrected chi connectivity index (χ1v) is 11.0. The molecular weight excluding hydrogens is 497 g/mol. The van der Waals surface area contributed by atoms with Gasteiger partial charge in [0.15, 0.2) is 0 Å². The van der Waals surface area contributed by atoms with Crippen LogP contribution in [0.15, 0.2) is 36.4 Å². The quantitative estimate of drug-likeness (QED) is 0.523. The summed E-state index contributed by atoms with van der Waals surface area (Å²) in [6, 6.07) is 7.35. The number of methoxy groups -OCH3 is 1. The molecule has 0 radical (unpaired) electrons. The van der Waals surface area contributed by atoms with E-state index in [4.69, 9.17) is 4.74 Å². The van der Waals surface area contributed by atoms with Crippen molar-refractivity contribution < 1.29 is 37.0 Å². The fraction of sp³-hybridized carbons (Fsp3) is 0.400. The van der Waals surface area contributed by atoms with Crippen LogP contribution in [0.2, 0.25) is 0 Å². The number of carbonyl (C=O) groups is 3. The molecule has 1 saturated heterocycles. The minimum atomic E-state index is -0.857. The monoisotopic (exact) mass is 526 g/mol. The molecule has 1 fully saturated rings. The predicted octanol–water partition coefficient (Wildman–Crippen LogP) is 4.37. The van der Waals surface area contributed by atoms with Crippen LogP contribution in [0.25, 0.3) is 0 Å². The van der Waals surface area contributed by atoms with Gasteiger partial charge in [-0.3, -0.25) is 9.69 Å². The van der Waals surface area contributed by atoms with Gasteiger partial charge in [0, 0.05) is 30.6 Å². The molecule has 196 valence electrons. The topological polar surface area (TPSA) is 76.2 Å². The Labute approximate surface area is 214 Å². The lowest BCUT2D eigenvalue weighted by molar-refractivity contribution is -0.137. The Morgan fingerprint density at radius 3 is 2.33 bits per heavy atom. The van der Waals surface area contributed by atoms with Crippen molar-refractivity contribution in [3.05, 3.63) is 70.5 Å². The van der Waals surface area contributed by atoms with Gasteiger partial charge in [-0.25, -0.2) is 22.8 Å². The molecule has 2 aromatic carbocycles. The average Bonchev–Trinajstić information content (AvgIpc) is 2.73. The van der Waals surface area contributed by atoms with Crippen LogP contribution in [-0.4, -0.2) is 60.1 Å². The van der Waals surface area contributed by atoms with Crippen LogP contribution in [0, 0.1) is 17.5 Å². The third-order valence-electron chi connectivity index (χ3n) is 5.46. The number of nitrogens with zero attached hydrogens (tertiary/aromatic N) is 2. The van der Waals surface area contributed by atoms with Crippen LogP contribution in [0.5, 0.6) is 0 Å². The summed E-state index contributed by atoms with van der Waals surface area (Å²) in [5, 5.41) is 0. The van der Waals surface area contributed by atoms with Crippen molar-refractivity contribution in [3.8, 4) is 0 Å². The van der Waals surface area contributed by atoms with Gasteiger partial charge < -0.3 is 14.4 Å². The summed E-state index contributed by atoms with van der Waals surface area (Å²) in [5.74, 6) is -3.89. The van der Waals surface area contributed by atoms with E-state index in [0.29, 0.717) is 6.07 Å². The maximum atomic E-state index is 14.8. The first kappa shape index (κ1) is 29.0. The SMILES string of the molecule is COC(=O)c1cccc(C2CN(C(=O)CN(Cc3ccc(F)cc3F)C(=O)OC(C)(C)C)C2)c1F.S. The van der Waals surface area contributed by atoms with Crippen molar-refractivity contribution in [3.63, 3.8) is 0 Å². The number of halogens is 3. The Bertz CT molecular complexity index is 1130. The van der Waals surface area contributed by atoms with Gasteiger partial charge in [0.1, 0.15) is 29.6 Å². The van der Waals surface area contributed by atoms with Gasteiger partial charge in [-0.15, -0.1) is 0 Å². The van der Waals surface area contributed by atoms with Crippen molar-refractivity contribution in [2.75, 3.05) is 26.7 Å². The molecule has 1 aliphatic heterocycles. The summed E-state index contributed by atoms with van der Waals surface area (Å²) in [7, 11) is 1.16. The van der Waals surface area contributed by atoms with Crippen LogP contribution in [0.4, 0.5) is 18.0 Å². The fourth-order valence-electron chi connectivity index (χ4n) is 3.64. The van der Waals surface area contributed by atoms with Gasteiger partial charge in [0.25, 0.3) is 0 Å². The molecule has 2 amide bonds. The summed E-state index contributed by atoms with van der Waals surface area (Å²) >= 11 is 0. The van der Waals surface area contributed by atoms with Crippen molar-refractivity contribution in [2.45, 2.75) is 38.8 Å². The average molecular weight is 527 g/mol. The second-order valence-corrected chi connectivity index (χ2v) is 9.27. The second kappa shape index (κ2) is 11.7. The normalized spacial score (nSPS) is 13.4. The maximum absolute atomic E-state index is 14.8. The zero-order valence-corrected chi connectivity index (χ0v) is 21.4. The number of amides is 2. The number of carbonyl (C=O) groups excluding carboxylic acids is 3. The largest absolute Gasteiger partial charge is 0.465 e. The maximum Gasteiger partial charge on any atom is 0.411 e. The van der Waals surface area contributed by atoms with Gasteiger partial charge in [-0.2, -0.15) is 13.5 Å². The zero-order chi connectivity index (χ0) is 25.9. The molecule has 0 atom stereocenters. The Morgan fingerprint density at radius 2 is 1.75 bits per heavy atom.